The average molecular weight is 456 g/mol. The number of carbonyl (C=O) groups excluding carboxylic acids is 3. The van der Waals surface area contributed by atoms with Gasteiger partial charge < -0.3 is 19.8 Å². The van der Waals surface area contributed by atoms with Gasteiger partial charge in [-0.05, 0) is 17.2 Å². The van der Waals surface area contributed by atoms with Gasteiger partial charge in [0.1, 0.15) is 12.6 Å². The van der Waals surface area contributed by atoms with E-state index in [-0.39, 0.29) is 18.8 Å². The average Bonchev–Trinajstić information content (AvgIpc) is 3.31. The van der Waals surface area contributed by atoms with Gasteiger partial charge in [-0.2, -0.15) is 0 Å². The van der Waals surface area contributed by atoms with Gasteiger partial charge in [0.25, 0.3) is 0 Å². The minimum Gasteiger partial charge on any atom is -0.456 e. The second-order valence-corrected chi connectivity index (χ2v) is 7.73. The van der Waals surface area contributed by atoms with E-state index in [1.54, 1.807) is 6.20 Å². The van der Waals surface area contributed by atoms with Gasteiger partial charge >= 0.3 is 12.1 Å². The lowest BCUT2D eigenvalue weighted by atomic mass is 10.1. The third kappa shape index (κ3) is 5.89. The Hall–Kier alpha value is -4.39. The van der Waals surface area contributed by atoms with Crippen LogP contribution in [0, 0.1) is 0 Å². The molecule has 7 heteroatoms. The molecule has 7 nitrogen and oxygen atoms in total. The molecule has 0 spiro atoms. The number of rotatable bonds is 9. The summed E-state index contributed by atoms with van der Waals surface area (Å²) in [5.41, 5.74) is 2.92. The number of alkyl carbamates (subject to hydrolysis) is 1. The van der Waals surface area contributed by atoms with Crippen molar-refractivity contribution < 1.29 is 23.9 Å². The molecule has 0 aliphatic carbocycles. The van der Waals surface area contributed by atoms with Crippen molar-refractivity contribution in [2.75, 3.05) is 6.61 Å². The maximum Gasteiger partial charge on any atom is 0.408 e. The van der Waals surface area contributed by atoms with Gasteiger partial charge in [0.05, 0.1) is 0 Å². The zero-order valence-electron chi connectivity index (χ0n) is 18.4. The van der Waals surface area contributed by atoms with Gasteiger partial charge in [0.2, 0.25) is 5.78 Å². The molecule has 0 saturated carbocycles. The van der Waals surface area contributed by atoms with Gasteiger partial charge in [-0.1, -0.05) is 78.9 Å². The number of carbonyl (C=O) groups is 3. The summed E-state index contributed by atoms with van der Waals surface area (Å²) >= 11 is 0. The Labute approximate surface area is 196 Å². The van der Waals surface area contributed by atoms with Gasteiger partial charge in [-0.15, -0.1) is 0 Å². The first-order chi connectivity index (χ1) is 16.6. The number of H-pyrrole nitrogens is 1. The van der Waals surface area contributed by atoms with E-state index in [2.05, 4.69) is 10.3 Å². The van der Waals surface area contributed by atoms with Crippen LogP contribution >= 0.6 is 0 Å². The molecule has 0 bridgehead atoms. The van der Waals surface area contributed by atoms with Crippen LogP contribution in [0.15, 0.2) is 91.1 Å². The highest BCUT2D eigenvalue weighted by Crippen LogP contribution is 2.18. The van der Waals surface area contributed by atoms with Gasteiger partial charge in [-0.3, -0.25) is 4.79 Å². The van der Waals surface area contributed by atoms with Crippen LogP contribution in [0.4, 0.5) is 4.79 Å². The van der Waals surface area contributed by atoms with Crippen LogP contribution in [0.1, 0.15) is 21.5 Å². The van der Waals surface area contributed by atoms with Crippen LogP contribution < -0.4 is 5.32 Å². The number of ether oxygens (including phenoxy) is 2. The largest absolute Gasteiger partial charge is 0.456 e. The Balaban J connectivity index is 1.39. The van der Waals surface area contributed by atoms with Crippen molar-refractivity contribution in [2.24, 2.45) is 0 Å². The highest BCUT2D eigenvalue weighted by Gasteiger charge is 2.25. The van der Waals surface area contributed by atoms with Crippen molar-refractivity contribution in [1.29, 1.82) is 0 Å². The molecule has 1 amide bonds. The number of Topliss-reactive ketones (excluding diaryl/α,β-unsaturated/α-hetero) is 1. The molecule has 0 saturated heterocycles. The first kappa shape index (κ1) is 22.8. The number of aromatic nitrogens is 1. The number of benzene rings is 3. The quantitative estimate of drug-likeness (QED) is 0.287. The Morgan fingerprint density at radius 2 is 1.44 bits per heavy atom. The number of amides is 1. The molecule has 172 valence electrons. The van der Waals surface area contributed by atoms with Crippen LogP contribution in [0.3, 0.4) is 0 Å². The van der Waals surface area contributed by atoms with E-state index in [4.69, 9.17) is 9.47 Å². The number of aromatic amines is 1. The molecule has 0 aliphatic heterocycles. The molecule has 1 heterocycles. The number of esters is 1. The fourth-order valence-corrected chi connectivity index (χ4v) is 3.57. The van der Waals surface area contributed by atoms with E-state index >= 15 is 0 Å². The number of nitrogens with one attached hydrogen (secondary N) is 2. The molecule has 0 aliphatic rings. The highest BCUT2D eigenvalue weighted by molar-refractivity contribution is 6.08. The predicted molar refractivity (Wildman–Crippen MR) is 127 cm³/mol. The maximum atomic E-state index is 12.8. The van der Waals surface area contributed by atoms with E-state index in [9.17, 15) is 14.4 Å². The molecule has 1 aromatic heterocycles. The van der Waals surface area contributed by atoms with E-state index in [0.717, 1.165) is 22.0 Å². The zero-order valence-corrected chi connectivity index (χ0v) is 18.4. The Bertz CT molecular complexity index is 1270. The molecule has 0 radical (unpaired) electrons. The fourth-order valence-electron chi connectivity index (χ4n) is 3.57. The lowest BCUT2D eigenvalue weighted by molar-refractivity contribution is -0.144. The third-order valence-corrected chi connectivity index (χ3v) is 5.31. The zero-order chi connectivity index (χ0) is 23.8. The Morgan fingerprint density at radius 3 is 2.18 bits per heavy atom. The molecule has 0 fully saturated rings. The van der Waals surface area contributed by atoms with Gasteiger partial charge in [-0.25, -0.2) is 9.59 Å². The topological polar surface area (TPSA) is 97.5 Å². The lowest BCUT2D eigenvalue weighted by Crippen LogP contribution is -2.44. The standard InChI is InChI=1S/C27H24N2O5/c30-25(22-16-28-23-14-8-7-13-21(22)23)18-33-26(31)24(15-19-9-3-1-4-10-19)29-27(32)34-17-20-11-5-2-6-12-20/h1-14,16,24,28H,15,17-18H2,(H,29,32)/t24-/m0/s1. The molecule has 0 unspecified atom stereocenters. The number of fused-ring (bicyclic) bond motifs is 1. The van der Waals surface area contributed by atoms with Crippen LogP contribution in [-0.4, -0.2) is 35.5 Å². The molecule has 4 rings (SSSR count). The minimum atomic E-state index is -1.01. The first-order valence-electron chi connectivity index (χ1n) is 10.9. The third-order valence-electron chi connectivity index (χ3n) is 5.31. The Kier molecular flexibility index (Phi) is 7.35. The fraction of sp³-hybridized carbons (Fsp3) is 0.148. The van der Waals surface area contributed by atoms with E-state index < -0.39 is 24.7 Å². The highest BCUT2D eigenvalue weighted by atomic mass is 16.6. The van der Waals surface area contributed by atoms with E-state index in [1.807, 2.05) is 84.9 Å². The summed E-state index contributed by atoms with van der Waals surface area (Å²) in [4.78, 5) is 40.9. The number of hydrogen-bond donors (Lipinski definition) is 2. The van der Waals surface area contributed by atoms with Crippen LogP contribution in [0.2, 0.25) is 0 Å². The summed E-state index contributed by atoms with van der Waals surface area (Å²) in [7, 11) is 0. The lowest BCUT2D eigenvalue weighted by Gasteiger charge is -2.17. The van der Waals surface area contributed by atoms with Crippen LogP contribution in [0.5, 0.6) is 0 Å². The van der Waals surface area contributed by atoms with Crippen molar-refractivity contribution in [2.45, 2.75) is 19.1 Å². The van der Waals surface area contributed by atoms with Crippen LogP contribution in [-0.2, 0) is 27.3 Å². The second kappa shape index (κ2) is 11.0. The molecule has 2 N–H and O–H groups in total. The normalized spacial score (nSPS) is 11.5. The second-order valence-electron chi connectivity index (χ2n) is 7.73. The SMILES string of the molecule is O=C(N[C@@H](Cc1ccccc1)C(=O)OCC(=O)c1c[nH]c2ccccc12)OCc1ccccc1. The molecule has 1 atom stereocenters. The summed E-state index contributed by atoms with van der Waals surface area (Å²) in [5, 5.41) is 3.33. The Morgan fingerprint density at radius 1 is 0.794 bits per heavy atom. The molecule has 4 aromatic rings. The van der Waals surface area contributed by atoms with Crippen molar-refractivity contribution in [1.82, 2.24) is 10.3 Å². The summed E-state index contributed by atoms with van der Waals surface area (Å²) in [6.07, 6.45) is 1.05. The van der Waals surface area contributed by atoms with Crippen molar-refractivity contribution in [3.8, 4) is 0 Å². The maximum absolute atomic E-state index is 12.8. The van der Waals surface area contributed by atoms with Crippen molar-refractivity contribution >= 4 is 28.7 Å². The van der Waals surface area contributed by atoms with E-state index in [0.29, 0.717) is 5.56 Å². The van der Waals surface area contributed by atoms with Gasteiger partial charge in [0.15, 0.2) is 6.61 Å². The summed E-state index contributed by atoms with van der Waals surface area (Å²) in [6.45, 7) is -0.370. The smallest absolute Gasteiger partial charge is 0.408 e. The van der Waals surface area contributed by atoms with Crippen molar-refractivity contribution in [3.05, 3.63) is 108 Å². The number of hydrogen-bond acceptors (Lipinski definition) is 5. The molecule has 3 aromatic carbocycles. The molecular weight excluding hydrogens is 432 g/mol. The monoisotopic (exact) mass is 456 g/mol. The van der Waals surface area contributed by atoms with Crippen LogP contribution in [0.25, 0.3) is 10.9 Å². The predicted octanol–water partition coefficient (Wildman–Crippen LogP) is 4.43. The van der Waals surface area contributed by atoms with Crippen molar-refractivity contribution in [3.63, 3.8) is 0 Å². The summed E-state index contributed by atoms with van der Waals surface area (Å²) in [5.74, 6) is -1.05. The number of para-hydroxylation sites is 1. The number of ketones is 1. The first-order valence-corrected chi connectivity index (χ1v) is 10.9. The van der Waals surface area contributed by atoms with E-state index in [1.165, 1.54) is 0 Å². The minimum absolute atomic E-state index is 0.0683. The molecule has 34 heavy (non-hydrogen) atoms. The van der Waals surface area contributed by atoms with Gasteiger partial charge in [0, 0.05) is 29.1 Å². The molecular formula is C27H24N2O5. The summed E-state index contributed by atoms with van der Waals surface area (Å²) < 4.78 is 10.6. The summed E-state index contributed by atoms with van der Waals surface area (Å²) in [6, 6.07) is 24.8.